The Morgan fingerprint density at radius 3 is 2.62 bits per heavy atom. The zero-order valence-electron chi connectivity index (χ0n) is 12.3. The second-order valence-corrected chi connectivity index (χ2v) is 5.70. The highest BCUT2D eigenvalue weighted by molar-refractivity contribution is 6.30. The van der Waals surface area contributed by atoms with Crippen LogP contribution in [0.1, 0.15) is 25.2 Å². The summed E-state index contributed by atoms with van der Waals surface area (Å²) in [6, 6.07) is 7.25. The Bertz CT molecular complexity index is 567. The van der Waals surface area contributed by atoms with E-state index in [0.717, 1.165) is 17.9 Å². The van der Waals surface area contributed by atoms with Crippen molar-refractivity contribution in [2.75, 3.05) is 6.61 Å². The van der Waals surface area contributed by atoms with Crippen molar-refractivity contribution in [3.05, 3.63) is 40.7 Å². The SMILES string of the molecule is CC(C)Cc1c(CO)nnn1CCOc1ccc(Cl)cc1. The van der Waals surface area contributed by atoms with E-state index in [2.05, 4.69) is 24.2 Å². The lowest BCUT2D eigenvalue weighted by Gasteiger charge is -2.10. The molecule has 1 heterocycles. The number of rotatable bonds is 7. The molecular weight excluding hydrogens is 290 g/mol. The smallest absolute Gasteiger partial charge is 0.119 e. The molecule has 0 aliphatic carbocycles. The van der Waals surface area contributed by atoms with Crippen LogP contribution in [-0.4, -0.2) is 26.7 Å². The molecule has 6 heteroatoms. The minimum absolute atomic E-state index is 0.0832. The Hall–Kier alpha value is -1.59. The quantitative estimate of drug-likeness (QED) is 0.854. The van der Waals surface area contributed by atoms with E-state index >= 15 is 0 Å². The summed E-state index contributed by atoms with van der Waals surface area (Å²) in [6.45, 7) is 5.25. The highest BCUT2D eigenvalue weighted by atomic mass is 35.5. The fourth-order valence-corrected chi connectivity index (χ4v) is 2.19. The summed E-state index contributed by atoms with van der Waals surface area (Å²) in [6.07, 6.45) is 0.837. The topological polar surface area (TPSA) is 60.2 Å². The van der Waals surface area contributed by atoms with E-state index in [1.165, 1.54) is 0 Å². The molecule has 0 saturated carbocycles. The van der Waals surface area contributed by atoms with E-state index < -0.39 is 0 Å². The molecule has 0 amide bonds. The first-order valence-electron chi connectivity index (χ1n) is 7.00. The average molecular weight is 310 g/mol. The summed E-state index contributed by atoms with van der Waals surface area (Å²) in [5, 5.41) is 18.1. The summed E-state index contributed by atoms with van der Waals surface area (Å²) in [4.78, 5) is 0. The van der Waals surface area contributed by atoms with E-state index in [-0.39, 0.29) is 6.61 Å². The summed E-state index contributed by atoms with van der Waals surface area (Å²) in [7, 11) is 0. The molecule has 5 nitrogen and oxygen atoms in total. The van der Waals surface area contributed by atoms with Crippen LogP contribution in [0.3, 0.4) is 0 Å². The van der Waals surface area contributed by atoms with Crippen LogP contribution in [0.25, 0.3) is 0 Å². The lowest BCUT2D eigenvalue weighted by molar-refractivity contribution is 0.273. The number of hydrogen-bond acceptors (Lipinski definition) is 4. The van der Waals surface area contributed by atoms with E-state index in [1.54, 1.807) is 12.1 Å². The number of benzene rings is 1. The third-order valence-corrected chi connectivity index (χ3v) is 3.31. The van der Waals surface area contributed by atoms with Gasteiger partial charge in [-0.15, -0.1) is 5.10 Å². The van der Waals surface area contributed by atoms with Gasteiger partial charge < -0.3 is 9.84 Å². The van der Waals surface area contributed by atoms with Crippen LogP contribution in [0.2, 0.25) is 5.02 Å². The van der Waals surface area contributed by atoms with Crippen molar-refractivity contribution in [1.29, 1.82) is 0 Å². The first kappa shape index (κ1) is 15.8. The molecular formula is C15H20ClN3O2. The van der Waals surface area contributed by atoms with Crippen LogP contribution in [-0.2, 0) is 19.6 Å². The molecule has 0 bridgehead atoms. The standard InChI is InChI=1S/C15H20ClN3O2/c1-11(2)9-15-14(10-20)17-18-19(15)7-8-21-13-5-3-12(16)4-6-13/h3-6,11,20H,7-10H2,1-2H3. The van der Waals surface area contributed by atoms with Crippen molar-refractivity contribution in [2.45, 2.75) is 33.4 Å². The zero-order valence-corrected chi connectivity index (χ0v) is 13.0. The van der Waals surface area contributed by atoms with Crippen molar-refractivity contribution >= 4 is 11.6 Å². The van der Waals surface area contributed by atoms with Crippen LogP contribution in [0.4, 0.5) is 0 Å². The van der Waals surface area contributed by atoms with Gasteiger partial charge in [-0.05, 0) is 36.6 Å². The first-order chi connectivity index (χ1) is 10.1. The number of aliphatic hydroxyl groups is 1. The van der Waals surface area contributed by atoms with Crippen molar-refractivity contribution in [3.63, 3.8) is 0 Å². The third kappa shape index (κ3) is 4.44. The second-order valence-electron chi connectivity index (χ2n) is 5.26. The molecule has 0 fully saturated rings. The Labute approximate surface area is 129 Å². The van der Waals surface area contributed by atoms with Crippen molar-refractivity contribution in [3.8, 4) is 5.75 Å². The van der Waals surface area contributed by atoms with E-state index in [0.29, 0.717) is 29.8 Å². The molecule has 0 atom stereocenters. The Balaban J connectivity index is 1.96. The molecule has 1 aromatic carbocycles. The van der Waals surface area contributed by atoms with Gasteiger partial charge in [0.1, 0.15) is 18.1 Å². The number of halogens is 1. The minimum Gasteiger partial charge on any atom is -0.492 e. The molecule has 21 heavy (non-hydrogen) atoms. The molecule has 0 saturated heterocycles. The van der Waals surface area contributed by atoms with Gasteiger partial charge in [0.05, 0.1) is 18.8 Å². The van der Waals surface area contributed by atoms with E-state index in [1.807, 2.05) is 16.8 Å². The Kier molecular flexibility index (Phi) is 5.59. The van der Waals surface area contributed by atoms with Gasteiger partial charge in [0, 0.05) is 5.02 Å². The maximum Gasteiger partial charge on any atom is 0.119 e. The molecule has 1 aromatic heterocycles. The van der Waals surface area contributed by atoms with E-state index in [9.17, 15) is 5.11 Å². The fourth-order valence-electron chi connectivity index (χ4n) is 2.06. The molecule has 1 N–H and O–H groups in total. The van der Waals surface area contributed by atoms with Gasteiger partial charge in [-0.2, -0.15) is 0 Å². The van der Waals surface area contributed by atoms with Gasteiger partial charge in [-0.1, -0.05) is 30.7 Å². The third-order valence-electron chi connectivity index (χ3n) is 3.05. The average Bonchev–Trinajstić information content (AvgIpc) is 2.83. The summed E-state index contributed by atoms with van der Waals surface area (Å²) < 4.78 is 7.47. The molecule has 0 aliphatic rings. The molecule has 0 unspecified atom stereocenters. The number of ether oxygens (including phenoxy) is 1. The van der Waals surface area contributed by atoms with Crippen LogP contribution in [0.5, 0.6) is 5.75 Å². The highest BCUT2D eigenvalue weighted by Gasteiger charge is 2.13. The van der Waals surface area contributed by atoms with E-state index in [4.69, 9.17) is 16.3 Å². The maximum atomic E-state index is 9.31. The number of nitrogens with zero attached hydrogens (tertiary/aromatic N) is 3. The predicted octanol–water partition coefficient (Wildman–Crippen LogP) is 2.70. The molecule has 0 spiro atoms. The maximum absolute atomic E-state index is 9.31. The Morgan fingerprint density at radius 1 is 1.29 bits per heavy atom. The lowest BCUT2D eigenvalue weighted by atomic mass is 10.1. The minimum atomic E-state index is -0.0832. The molecule has 114 valence electrons. The zero-order chi connectivity index (χ0) is 15.2. The highest BCUT2D eigenvalue weighted by Crippen LogP contribution is 2.16. The summed E-state index contributed by atoms with van der Waals surface area (Å²) in [5.41, 5.74) is 1.63. The van der Waals surface area contributed by atoms with Gasteiger partial charge in [-0.25, -0.2) is 4.68 Å². The van der Waals surface area contributed by atoms with Crippen LogP contribution in [0, 0.1) is 5.92 Å². The molecule has 0 radical (unpaired) electrons. The van der Waals surface area contributed by atoms with Gasteiger partial charge >= 0.3 is 0 Å². The number of aromatic nitrogens is 3. The van der Waals surface area contributed by atoms with Gasteiger partial charge in [0.15, 0.2) is 0 Å². The fraction of sp³-hybridized carbons (Fsp3) is 0.467. The second kappa shape index (κ2) is 7.43. The molecule has 2 aromatic rings. The number of aliphatic hydroxyl groups excluding tert-OH is 1. The van der Waals surface area contributed by atoms with Crippen molar-refractivity contribution in [2.24, 2.45) is 5.92 Å². The monoisotopic (exact) mass is 309 g/mol. The first-order valence-corrected chi connectivity index (χ1v) is 7.38. The van der Waals surface area contributed by atoms with Crippen LogP contribution in [0.15, 0.2) is 24.3 Å². The molecule has 0 aliphatic heterocycles. The Morgan fingerprint density at radius 2 is 2.00 bits per heavy atom. The van der Waals surface area contributed by atoms with Gasteiger partial charge in [0.2, 0.25) is 0 Å². The van der Waals surface area contributed by atoms with Gasteiger partial charge in [-0.3, -0.25) is 0 Å². The number of hydrogen-bond donors (Lipinski definition) is 1. The summed E-state index contributed by atoms with van der Waals surface area (Å²) >= 11 is 5.83. The van der Waals surface area contributed by atoms with Crippen molar-refractivity contribution in [1.82, 2.24) is 15.0 Å². The van der Waals surface area contributed by atoms with Crippen LogP contribution >= 0.6 is 11.6 Å². The normalized spacial score (nSPS) is 11.1. The van der Waals surface area contributed by atoms with Gasteiger partial charge in [0.25, 0.3) is 0 Å². The van der Waals surface area contributed by atoms with Crippen molar-refractivity contribution < 1.29 is 9.84 Å². The molecule has 2 rings (SSSR count). The lowest BCUT2D eigenvalue weighted by Crippen LogP contribution is -2.14. The summed E-state index contributed by atoms with van der Waals surface area (Å²) in [5.74, 6) is 1.25. The predicted molar refractivity (Wildman–Crippen MR) is 81.4 cm³/mol. The largest absolute Gasteiger partial charge is 0.492 e. The van der Waals surface area contributed by atoms with Crippen LogP contribution < -0.4 is 4.74 Å².